The van der Waals surface area contributed by atoms with Crippen LogP contribution in [0.25, 0.3) is 0 Å². The smallest absolute Gasteiger partial charge is 0.233 e. The topological polar surface area (TPSA) is 83.3 Å². The first-order chi connectivity index (χ1) is 8.19. The van der Waals surface area contributed by atoms with Crippen LogP contribution in [0.4, 0.5) is 5.82 Å². The number of nitrogens with zero attached hydrogens (tertiary/aromatic N) is 2. The SMILES string of the molecule is CCN(CC(=O)NC)Cc1cccc(NN)n1. The second kappa shape index (κ2) is 6.82. The van der Waals surface area contributed by atoms with E-state index in [1.807, 2.05) is 24.0 Å². The molecule has 6 heteroatoms. The number of nitrogens with one attached hydrogen (secondary N) is 2. The molecule has 0 aliphatic rings. The Hall–Kier alpha value is -1.66. The van der Waals surface area contributed by atoms with E-state index in [0.717, 1.165) is 12.2 Å². The molecule has 0 saturated carbocycles. The molecule has 0 fully saturated rings. The molecule has 0 radical (unpaired) electrons. The first kappa shape index (κ1) is 13.4. The molecule has 0 saturated heterocycles. The number of hydrazine groups is 1. The Balaban J connectivity index is 2.63. The predicted octanol–water partition coefficient (Wildman–Crippen LogP) is -0.0649. The van der Waals surface area contributed by atoms with Crippen LogP contribution in [0.5, 0.6) is 0 Å². The van der Waals surface area contributed by atoms with Gasteiger partial charge in [0.1, 0.15) is 5.82 Å². The normalized spacial score (nSPS) is 10.4. The quantitative estimate of drug-likeness (QED) is 0.477. The van der Waals surface area contributed by atoms with Crippen molar-refractivity contribution in [2.45, 2.75) is 13.5 Å². The van der Waals surface area contributed by atoms with Crippen LogP contribution >= 0.6 is 0 Å². The monoisotopic (exact) mass is 237 g/mol. The minimum atomic E-state index is -0.0000422. The van der Waals surface area contributed by atoms with Gasteiger partial charge < -0.3 is 10.7 Å². The Morgan fingerprint density at radius 2 is 2.29 bits per heavy atom. The lowest BCUT2D eigenvalue weighted by Gasteiger charge is -2.18. The summed E-state index contributed by atoms with van der Waals surface area (Å²) in [6.45, 7) is 3.79. The van der Waals surface area contributed by atoms with E-state index < -0.39 is 0 Å². The zero-order valence-corrected chi connectivity index (χ0v) is 10.2. The summed E-state index contributed by atoms with van der Waals surface area (Å²) in [5, 5.41) is 2.60. The summed E-state index contributed by atoms with van der Waals surface area (Å²) >= 11 is 0. The number of hydrogen-bond donors (Lipinski definition) is 3. The van der Waals surface area contributed by atoms with E-state index in [9.17, 15) is 4.79 Å². The summed E-state index contributed by atoms with van der Waals surface area (Å²) < 4.78 is 0. The molecule has 0 aromatic carbocycles. The number of nitrogen functional groups attached to an aromatic ring is 1. The van der Waals surface area contributed by atoms with Crippen molar-refractivity contribution in [2.75, 3.05) is 25.6 Å². The number of aromatic nitrogens is 1. The Kier molecular flexibility index (Phi) is 5.38. The van der Waals surface area contributed by atoms with E-state index in [-0.39, 0.29) is 5.91 Å². The number of carbonyl (C=O) groups excluding carboxylic acids is 1. The Labute approximate surface area is 101 Å². The van der Waals surface area contributed by atoms with Crippen LogP contribution in [-0.4, -0.2) is 35.9 Å². The van der Waals surface area contributed by atoms with Gasteiger partial charge in [0, 0.05) is 13.6 Å². The lowest BCUT2D eigenvalue weighted by Crippen LogP contribution is -2.35. The van der Waals surface area contributed by atoms with Crippen LogP contribution in [0.1, 0.15) is 12.6 Å². The predicted molar refractivity (Wildman–Crippen MR) is 67.1 cm³/mol. The molecule has 0 unspecified atom stereocenters. The fourth-order valence-corrected chi connectivity index (χ4v) is 1.44. The summed E-state index contributed by atoms with van der Waals surface area (Å²) in [6.07, 6.45) is 0. The van der Waals surface area contributed by atoms with E-state index in [1.54, 1.807) is 13.1 Å². The molecule has 6 nitrogen and oxygen atoms in total. The van der Waals surface area contributed by atoms with Gasteiger partial charge in [0.25, 0.3) is 0 Å². The maximum Gasteiger partial charge on any atom is 0.233 e. The largest absolute Gasteiger partial charge is 0.358 e. The van der Waals surface area contributed by atoms with Crippen molar-refractivity contribution >= 4 is 11.7 Å². The Morgan fingerprint density at radius 1 is 1.53 bits per heavy atom. The average molecular weight is 237 g/mol. The highest BCUT2D eigenvalue weighted by Gasteiger charge is 2.09. The molecule has 1 heterocycles. The molecule has 1 aromatic heterocycles. The molecule has 0 aliphatic heterocycles. The van der Waals surface area contributed by atoms with Gasteiger partial charge in [0.05, 0.1) is 12.2 Å². The number of nitrogens with two attached hydrogens (primary N) is 1. The summed E-state index contributed by atoms with van der Waals surface area (Å²) in [5.41, 5.74) is 3.38. The first-order valence-electron chi connectivity index (χ1n) is 5.55. The van der Waals surface area contributed by atoms with Crippen molar-refractivity contribution in [1.29, 1.82) is 0 Å². The van der Waals surface area contributed by atoms with E-state index in [1.165, 1.54) is 0 Å². The number of likely N-dealkylation sites (N-methyl/N-ethyl adjacent to an activating group) is 2. The molecular weight excluding hydrogens is 218 g/mol. The highest BCUT2D eigenvalue weighted by atomic mass is 16.1. The van der Waals surface area contributed by atoms with Gasteiger partial charge in [-0.2, -0.15) is 0 Å². The number of amides is 1. The first-order valence-corrected chi connectivity index (χ1v) is 5.55. The third kappa shape index (κ3) is 4.38. The van der Waals surface area contributed by atoms with Crippen molar-refractivity contribution in [3.8, 4) is 0 Å². The molecule has 0 atom stereocenters. The van der Waals surface area contributed by atoms with E-state index in [2.05, 4.69) is 15.7 Å². The number of pyridine rings is 1. The maximum atomic E-state index is 11.3. The lowest BCUT2D eigenvalue weighted by molar-refractivity contribution is -0.121. The van der Waals surface area contributed by atoms with Crippen molar-refractivity contribution in [2.24, 2.45) is 5.84 Å². The highest BCUT2D eigenvalue weighted by molar-refractivity contribution is 5.77. The van der Waals surface area contributed by atoms with Crippen LogP contribution in [0.3, 0.4) is 0 Å². The van der Waals surface area contributed by atoms with Gasteiger partial charge in [-0.05, 0) is 18.7 Å². The summed E-state index contributed by atoms with van der Waals surface area (Å²) in [7, 11) is 1.63. The molecule has 0 bridgehead atoms. The maximum absolute atomic E-state index is 11.3. The lowest BCUT2D eigenvalue weighted by atomic mass is 10.3. The third-order valence-corrected chi connectivity index (χ3v) is 2.43. The third-order valence-electron chi connectivity index (χ3n) is 2.43. The number of carbonyl (C=O) groups is 1. The molecule has 94 valence electrons. The van der Waals surface area contributed by atoms with Gasteiger partial charge in [-0.3, -0.25) is 9.69 Å². The van der Waals surface area contributed by atoms with Gasteiger partial charge >= 0.3 is 0 Å². The van der Waals surface area contributed by atoms with Crippen LogP contribution in [0.15, 0.2) is 18.2 Å². The molecule has 0 spiro atoms. The molecule has 0 aliphatic carbocycles. The van der Waals surface area contributed by atoms with Gasteiger partial charge in [0.15, 0.2) is 0 Å². The van der Waals surface area contributed by atoms with Crippen molar-refractivity contribution in [3.63, 3.8) is 0 Å². The van der Waals surface area contributed by atoms with Crippen LogP contribution in [0, 0.1) is 0 Å². The fourth-order valence-electron chi connectivity index (χ4n) is 1.44. The molecule has 17 heavy (non-hydrogen) atoms. The van der Waals surface area contributed by atoms with Gasteiger partial charge in [-0.25, -0.2) is 10.8 Å². The van der Waals surface area contributed by atoms with Crippen molar-refractivity contribution in [3.05, 3.63) is 23.9 Å². The highest BCUT2D eigenvalue weighted by Crippen LogP contribution is 2.06. The Bertz CT molecular complexity index is 369. The zero-order chi connectivity index (χ0) is 12.7. The molecule has 1 rings (SSSR count). The summed E-state index contributed by atoms with van der Waals surface area (Å²) in [4.78, 5) is 17.6. The second-order valence-electron chi connectivity index (χ2n) is 3.63. The molecule has 4 N–H and O–H groups in total. The van der Waals surface area contributed by atoms with Crippen LogP contribution in [-0.2, 0) is 11.3 Å². The second-order valence-corrected chi connectivity index (χ2v) is 3.63. The number of rotatable bonds is 6. The molecule has 1 aromatic rings. The van der Waals surface area contributed by atoms with Gasteiger partial charge in [-0.15, -0.1) is 0 Å². The van der Waals surface area contributed by atoms with E-state index in [4.69, 9.17) is 5.84 Å². The molecule has 1 amide bonds. The van der Waals surface area contributed by atoms with Crippen molar-refractivity contribution in [1.82, 2.24) is 15.2 Å². The standard InChI is InChI=1S/C11H19N5O/c1-3-16(8-11(17)13-2)7-9-5-4-6-10(14-9)15-12/h4-6H,3,7-8,12H2,1-2H3,(H,13,17)(H,14,15). The average Bonchev–Trinajstić information content (AvgIpc) is 2.37. The zero-order valence-electron chi connectivity index (χ0n) is 10.2. The van der Waals surface area contributed by atoms with E-state index in [0.29, 0.717) is 18.9 Å². The summed E-state index contributed by atoms with van der Waals surface area (Å²) in [6, 6.07) is 5.58. The minimum Gasteiger partial charge on any atom is -0.358 e. The number of hydrogen-bond acceptors (Lipinski definition) is 5. The number of anilines is 1. The van der Waals surface area contributed by atoms with Crippen LogP contribution in [0.2, 0.25) is 0 Å². The van der Waals surface area contributed by atoms with E-state index >= 15 is 0 Å². The van der Waals surface area contributed by atoms with Crippen LogP contribution < -0.4 is 16.6 Å². The fraction of sp³-hybridized carbons (Fsp3) is 0.455. The summed E-state index contributed by atoms with van der Waals surface area (Å²) in [5.74, 6) is 5.92. The minimum absolute atomic E-state index is 0.0000422. The molecular formula is C11H19N5O. The van der Waals surface area contributed by atoms with Gasteiger partial charge in [0.2, 0.25) is 5.91 Å². The van der Waals surface area contributed by atoms with Crippen molar-refractivity contribution < 1.29 is 4.79 Å². The van der Waals surface area contributed by atoms with Gasteiger partial charge in [-0.1, -0.05) is 13.0 Å². The Morgan fingerprint density at radius 3 is 2.88 bits per heavy atom.